The van der Waals surface area contributed by atoms with Crippen molar-refractivity contribution in [2.75, 3.05) is 5.73 Å². The lowest BCUT2D eigenvalue weighted by Gasteiger charge is -2.13. The van der Waals surface area contributed by atoms with E-state index in [0.717, 1.165) is 49.4 Å². The summed E-state index contributed by atoms with van der Waals surface area (Å²) in [6, 6.07) is 20.5. The number of hydrogen-bond donors (Lipinski definition) is 6. The number of nitrogen functional groups attached to an aromatic ring is 2. The molecule has 4 aromatic heterocycles. The second-order valence-corrected chi connectivity index (χ2v) is 10.9. The lowest BCUT2D eigenvalue weighted by Crippen LogP contribution is -2.30. The van der Waals surface area contributed by atoms with E-state index < -0.39 is 17.6 Å². The van der Waals surface area contributed by atoms with Gasteiger partial charge >= 0.3 is 0 Å². The number of nitrogens with zero attached hydrogens (tertiary/aromatic N) is 6. The summed E-state index contributed by atoms with van der Waals surface area (Å²) in [5.74, 6) is 3.24. The van der Waals surface area contributed by atoms with Gasteiger partial charge in [-0.3, -0.25) is 25.2 Å². The summed E-state index contributed by atoms with van der Waals surface area (Å²) in [5, 5.41) is 32.7. The molecule has 15 heteroatoms. The number of rotatable bonds is 4. The summed E-state index contributed by atoms with van der Waals surface area (Å²) in [7, 11) is 0. The Balaban J connectivity index is 0.000000152. The molecule has 2 amide bonds. The van der Waals surface area contributed by atoms with E-state index in [0.29, 0.717) is 11.1 Å². The zero-order valence-corrected chi connectivity index (χ0v) is 25.1. The van der Waals surface area contributed by atoms with Crippen LogP contribution in [0.2, 0.25) is 0 Å². The van der Waals surface area contributed by atoms with Crippen LogP contribution < -0.4 is 22.7 Å². The first-order valence-electron chi connectivity index (χ1n) is 14.4. The SMILES string of the molecule is Cc1cc(F)c2c(N)c(C(N)=O)nnc2c1-c1ccc2[nH]ncc2c1.NNC(=O)c1cc2cccc(-c3ccc4cn[nH]c4c3)c2nn1. The Morgan fingerprint density at radius 1 is 0.792 bits per heavy atom. The van der Waals surface area contributed by atoms with Crippen LogP contribution in [0, 0.1) is 12.7 Å². The Kier molecular flexibility index (Phi) is 7.34. The first kappa shape index (κ1) is 29.8. The number of halogens is 1. The number of H-pyrrole nitrogens is 2. The van der Waals surface area contributed by atoms with Gasteiger partial charge < -0.3 is 11.5 Å². The highest BCUT2D eigenvalue weighted by Gasteiger charge is 2.21. The molecule has 0 saturated carbocycles. The predicted octanol–water partition coefficient (Wildman–Crippen LogP) is 4.08. The van der Waals surface area contributed by atoms with Crippen molar-refractivity contribution < 1.29 is 14.0 Å². The van der Waals surface area contributed by atoms with Crippen LogP contribution in [0.3, 0.4) is 0 Å². The minimum atomic E-state index is -0.853. The van der Waals surface area contributed by atoms with Crippen molar-refractivity contribution in [1.82, 2.24) is 46.2 Å². The van der Waals surface area contributed by atoms with Crippen molar-refractivity contribution in [3.63, 3.8) is 0 Å². The molecular weight excluding hydrogens is 615 g/mol. The van der Waals surface area contributed by atoms with Crippen LogP contribution in [-0.4, -0.2) is 52.6 Å². The lowest BCUT2D eigenvalue weighted by molar-refractivity contribution is 0.0946. The van der Waals surface area contributed by atoms with E-state index in [9.17, 15) is 14.0 Å². The van der Waals surface area contributed by atoms with Gasteiger partial charge in [0.15, 0.2) is 11.4 Å². The molecule has 0 aliphatic rings. The molecule has 8 rings (SSSR count). The van der Waals surface area contributed by atoms with Crippen molar-refractivity contribution in [2.24, 2.45) is 11.6 Å². The van der Waals surface area contributed by atoms with Crippen molar-refractivity contribution in [3.8, 4) is 22.3 Å². The van der Waals surface area contributed by atoms with E-state index >= 15 is 0 Å². The molecule has 48 heavy (non-hydrogen) atoms. The first-order chi connectivity index (χ1) is 23.2. The number of anilines is 1. The second-order valence-electron chi connectivity index (χ2n) is 10.9. The number of hydrogen-bond acceptors (Lipinski definition) is 10. The predicted molar refractivity (Wildman–Crippen MR) is 179 cm³/mol. The highest BCUT2D eigenvalue weighted by atomic mass is 19.1. The number of nitrogens with one attached hydrogen (secondary N) is 3. The Morgan fingerprint density at radius 3 is 2.33 bits per heavy atom. The molecule has 0 aliphatic carbocycles. The van der Waals surface area contributed by atoms with E-state index in [1.165, 1.54) is 6.07 Å². The zero-order valence-electron chi connectivity index (χ0n) is 25.1. The summed E-state index contributed by atoms with van der Waals surface area (Å²) in [6.07, 6.45) is 3.48. The Morgan fingerprint density at radius 2 is 1.54 bits per heavy atom. The van der Waals surface area contributed by atoms with Gasteiger partial charge in [-0.1, -0.05) is 36.4 Å². The molecule has 0 radical (unpaired) electrons. The van der Waals surface area contributed by atoms with Gasteiger partial charge in [-0.15, -0.1) is 20.4 Å². The summed E-state index contributed by atoms with van der Waals surface area (Å²) in [5.41, 5.74) is 20.0. The molecule has 0 bridgehead atoms. The topological polar surface area (TPSA) is 233 Å². The van der Waals surface area contributed by atoms with Crippen LogP contribution in [0.5, 0.6) is 0 Å². The van der Waals surface area contributed by atoms with E-state index in [1.54, 1.807) is 25.4 Å². The molecule has 8 aromatic rings. The molecule has 4 heterocycles. The van der Waals surface area contributed by atoms with Gasteiger partial charge in [-0.25, -0.2) is 10.2 Å². The van der Waals surface area contributed by atoms with Gasteiger partial charge in [0.25, 0.3) is 11.8 Å². The quantitative estimate of drug-likeness (QED) is 0.0916. The van der Waals surface area contributed by atoms with E-state index in [4.69, 9.17) is 17.3 Å². The second kappa shape index (κ2) is 11.8. The molecule has 0 saturated heterocycles. The smallest absolute Gasteiger partial charge is 0.285 e. The normalized spacial score (nSPS) is 11.1. The molecule has 236 valence electrons. The third-order valence-corrected chi connectivity index (χ3v) is 7.92. The maximum absolute atomic E-state index is 14.5. The number of aromatic amines is 2. The van der Waals surface area contributed by atoms with Gasteiger partial charge in [-0.05, 0) is 53.9 Å². The average Bonchev–Trinajstić information content (AvgIpc) is 3.76. The highest BCUT2D eigenvalue weighted by Crippen LogP contribution is 2.36. The zero-order chi connectivity index (χ0) is 33.5. The molecule has 0 aliphatic heterocycles. The van der Waals surface area contributed by atoms with Crippen LogP contribution in [-0.2, 0) is 0 Å². The molecule has 0 unspecified atom stereocenters. The van der Waals surface area contributed by atoms with Gasteiger partial charge in [0.05, 0.1) is 34.5 Å². The number of nitrogens with two attached hydrogens (primary N) is 3. The maximum Gasteiger partial charge on any atom is 0.285 e. The van der Waals surface area contributed by atoms with Crippen LogP contribution in [0.1, 0.15) is 26.5 Å². The molecular formula is C33H25FN12O2. The third-order valence-electron chi connectivity index (χ3n) is 7.92. The average molecular weight is 641 g/mol. The number of primary amides is 1. The molecule has 0 atom stereocenters. The third kappa shape index (κ3) is 5.15. The molecule has 0 fully saturated rings. The lowest BCUT2D eigenvalue weighted by atomic mass is 9.95. The van der Waals surface area contributed by atoms with Crippen LogP contribution in [0.15, 0.2) is 79.1 Å². The monoisotopic (exact) mass is 640 g/mol. The van der Waals surface area contributed by atoms with Gasteiger partial charge in [-0.2, -0.15) is 10.2 Å². The van der Waals surface area contributed by atoms with Crippen LogP contribution in [0.4, 0.5) is 10.1 Å². The fourth-order valence-electron chi connectivity index (χ4n) is 5.62. The Hall–Kier alpha value is -6.87. The van der Waals surface area contributed by atoms with Crippen molar-refractivity contribution in [2.45, 2.75) is 6.92 Å². The number of fused-ring (bicyclic) bond motifs is 4. The summed E-state index contributed by atoms with van der Waals surface area (Å²) >= 11 is 0. The number of benzene rings is 4. The first-order valence-corrected chi connectivity index (χ1v) is 14.4. The van der Waals surface area contributed by atoms with E-state index in [1.807, 2.05) is 54.6 Å². The number of carbonyl (C=O) groups is 2. The molecule has 4 aromatic carbocycles. The van der Waals surface area contributed by atoms with E-state index in [2.05, 4.69) is 46.2 Å². The van der Waals surface area contributed by atoms with Crippen molar-refractivity contribution >= 4 is 61.1 Å². The number of aromatic nitrogens is 8. The number of aryl methyl sites for hydroxylation is 1. The van der Waals surface area contributed by atoms with Crippen molar-refractivity contribution in [3.05, 3.63) is 102 Å². The standard InChI is InChI=1S/C17H13FN6O.C16H12N6O/c1-7-4-10(18)13-14(19)16(17(20)25)24-23-15(13)12(7)8-2-3-11-9(5-8)6-21-22-11;17-19-16(23)14-7-10-2-1-3-12(15(10)22-21-14)9-4-5-11-8-18-20-13(11)6-9/h2-6H,1H3,(H2,19,23)(H2,20,25)(H,21,22);1-8H,17H2,(H,18,20)(H,19,23). The number of hydrazine groups is 1. The van der Waals surface area contributed by atoms with Gasteiger partial charge in [0.1, 0.15) is 16.9 Å². The van der Waals surface area contributed by atoms with Crippen molar-refractivity contribution in [1.29, 1.82) is 0 Å². The van der Waals surface area contributed by atoms with Gasteiger partial charge in [0, 0.05) is 27.3 Å². The van der Waals surface area contributed by atoms with Gasteiger partial charge in [0.2, 0.25) is 0 Å². The number of carbonyl (C=O) groups excluding carboxylic acids is 2. The Labute approximate surface area is 269 Å². The maximum atomic E-state index is 14.5. The highest BCUT2D eigenvalue weighted by molar-refractivity contribution is 6.08. The summed E-state index contributed by atoms with van der Waals surface area (Å²) in [4.78, 5) is 23.0. The fourth-order valence-corrected chi connectivity index (χ4v) is 5.62. The minimum Gasteiger partial charge on any atom is -0.396 e. The Bertz CT molecular complexity index is 2560. The van der Waals surface area contributed by atoms with Crippen LogP contribution >= 0.6 is 0 Å². The number of amides is 2. The summed E-state index contributed by atoms with van der Waals surface area (Å²) in [6.45, 7) is 1.78. The van der Waals surface area contributed by atoms with Crippen LogP contribution in [0.25, 0.3) is 65.9 Å². The fraction of sp³-hybridized carbons (Fsp3) is 0.0303. The molecule has 0 spiro atoms. The summed E-state index contributed by atoms with van der Waals surface area (Å²) < 4.78 is 14.5. The van der Waals surface area contributed by atoms with E-state index in [-0.39, 0.29) is 28.0 Å². The largest absolute Gasteiger partial charge is 0.396 e. The minimum absolute atomic E-state index is 0.0386. The molecule has 14 nitrogen and oxygen atoms in total. The molecule has 9 N–H and O–H groups in total.